The van der Waals surface area contributed by atoms with Crippen molar-refractivity contribution in [2.75, 3.05) is 6.61 Å². The van der Waals surface area contributed by atoms with Crippen LogP contribution in [0.15, 0.2) is 71.1 Å². The molecular formula is C28H27NO2. The third-order valence-electron chi connectivity index (χ3n) is 5.15. The molecule has 0 saturated carbocycles. The van der Waals surface area contributed by atoms with Crippen LogP contribution in [-0.4, -0.2) is 11.6 Å². The number of ether oxygens (including phenoxy) is 1. The van der Waals surface area contributed by atoms with Crippen LogP contribution in [0.5, 0.6) is 5.75 Å². The largest absolute Gasteiger partial charge is 0.494 e. The average molecular weight is 410 g/mol. The van der Waals surface area contributed by atoms with Gasteiger partial charge in [-0.25, -0.2) is 4.98 Å². The lowest BCUT2D eigenvalue weighted by molar-refractivity contribution is 0.305. The molecule has 3 heteroatoms. The SMILES string of the molecule is CCCCCCOc1ccc(C#Cc2ccc(-c3nc4cc(C)ccc4o3)cc2)cc1. The minimum atomic E-state index is 0.630. The summed E-state index contributed by atoms with van der Waals surface area (Å²) in [6.07, 6.45) is 4.85. The molecule has 1 aromatic heterocycles. The molecule has 0 atom stereocenters. The van der Waals surface area contributed by atoms with Gasteiger partial charge in [0.05, 0.1) is 6.61 Å². The van der Waals surface area contributed by atoms with Crippen molar-refractivity contribution < 1.29 is 9.15 Å². The van der Waals surface area contributed by atoms with Gasteiger partial charge >= 0.3 is 0 Å². The predicted octanol–water partition coefficient (Wildman–Crippen LogP) is 7.16. The molecule has 31 heavy (non-hydrogen) atoms. The number of unbranched alkanes of at least 4 members (excludes halogenated alkanes) is 3. The number of benzene rings is 3. The van der Waals surface area contributed by atoms with Gasteiger partial charge < -0.3 is 9.15 Å². The zero-order valence-electron chi connectivity index (χ0n) is 18.2. The molecule has 0 radical (unpaired) electrons. The highest BCUT2D eigenvalue weighted by molar-refractivity contribution is 5.77. The molecule has 0 fully saturated rings. The normalized spacial score (nSPS) is 10.6. The predicted molar refractivity (Wildman–Crippen MR) is 126 cm³/mol. The van der Waals surface area contributed by atoms with Gasteiger partial charge in [0, 0.05) is 16.7 Å². The van der Waals surface area contributed by atoms with Gasteiger partial charge in [0.1, 0.15) is 11.3 Å². The van der Waals surface area contributed by atoms with Gasteiger partial charge in [0.15, 0.2) is 5.58 Å². The Morgan fingerprint density at radius 3 is 2.26 bits per heavy atom. The van der Waals surface area contributed by atoms with Crippen molar-refractivity contribution in [2.45, 2.75) is 39.5 Å². The Kier molecular flexibility index (Phi) is 6.69. The minimum absolute atomic E-state index is 0.630. The molecule has 3 aromatic carbocycles. The van der Waals surface area contributed by atoms with Crippen molar-refractivity contribution in [3.05, 3.63) is 83.4 Å². The Morgan fingerprint density at radius 2 is 1.55 bits per heavy atom. The fourth-order valence-corrected chi connectivity index (χ4v) is 3.35. The first-order valence-corrected chi connectivity index (χ1v) is 10.9. The summed E-state index contributed by atoms with van der Waals surface area (Å²) >= 11 is 0. The second kappa shape index (κ2) is 10.00. The van der Waals surface area contributed by atoms with Crippen LogP contribution in [0, 0.1) is 18.8 Å². The first-order valence-electron chi connectivity index (χ1n) is 10.9. The smallest absolute Gasteiger partial charge is 0.227 e. The number of hydrogen-bond acceptors (Lipinski definition) is 3. The summed E-state index contributed by atoms with van der Waals surface area (Å²) in [4.78, 5) is 4.60. The zero-order valence-corrected chi connectivity index (χ0v) is 18.2. The quantitative estimate of drug-likeness (QED) is 0.240. The molecule has 0 N–H and O–H groups in total. The third kappa shape index (κ3) is 5.55. The Bertz CT molecular complexity index is 1190. The summed E-state index contributed by atoms with van der Waals surface area (Å²) < 4.78 is 11.7. The molecule has 0 aliphatic heterocycles. The summed E-state index contributed by atoms with van der Waals surface area (Å²) in [7, 11) is 0. The zero-order chi connectivity index (χ0) is 21.5. The van der Waals surface area contributed by atoms with Gasteiger partial charge in [0.25, 0.3) is 0 Å². The van der Waals surface area contributed by atoms with Gasteiger partial charge in [-0.3, -0.25) is 0 Å². The molecule has 0 aliphatic carbocycles. The standard InChI is InChI=1S/C28H27NO2/c1-3-4-5-6-19-30-25-16-12-23(13-17-25)9-8-22-10-14-24(15-11-22)28-29-26-20-21(2)7-18-27(26)31-28/h7,10-18,20H,3-6,19H2,1-2H3. The Labute approximate surface area is 184 Å². The van der Waals surface area contributed by atoms with E-state index >= 15 is 0 Å². The van der Waals surface area contributed by atoms with E-state index in [4.69, 9.17) is 9.15 Å². The Balaban J connectivity index is 1.38. The topological polar surface area (TPSA) is 35.3 Å². The molecule has 0 saturated heterocycles. The number of aryl methyl sites for hydroxylation is 1. The number of hydrogen-bond donors (Lipinski definition) is 0. The highest BCUT2D eigenvalue weighted by Gasteiger charge is 2.08. The third-order valence-corrected chi connectivity index (χ3v) is 5.15. The molecule has 3 nitrogen and oxygen atoms in total. The number of rotatable bonds is 7. The van der Waals surface area contributed by atoms with Crippen LogP contribution in [0.4, 0.5) is 0 Å². The van der Waals surface area contributed by atoms with E-state index in [2.05, 4.69) is 30.7 Å². The van der Waals surface area contributed by atoms with E-state index in [1.807, 2.05) is 66.7 Å². The molecule has 0 spiro atoms. The molecule has 1 heterocycles. The van der Waals surface area contributed by atoms with E-state index < -0.39 is 0 Å². The van der Waals surface area contributed by atoms with Crippen LogP contribution in [0.3, 0.4) is 0 Å². The second-order valence-electron chi connectivity index (χ2n) is 7.75. The van der Waals surface area contributed by atoms with E-state index in [0.29, 0.717) is 5.89 Å². The lowest BCUT2D eigenvalue weighted by atomic mass is 10.1. The van der Waals surface area contributed by atoms with Crippen molar-refractivity contribution in [1.82, 2.24) is 4.98 Å². The van der Waals surface area contributed by atoms with Crippen LogP contribution in [0.25, 0.3) is 22.6 Å². The van der Waals surface area contributed by atoms with Crippen LogP contribution in [-0.2, 0) is 0 Å². The van der Waals surface area contributed by atoms with Crippen molar-refractivity contribution in [2.24, 2.45) is 0 Å². The van der Waals surface area contributed by atoms with E-state index in [0.717, 1.165) is 46.6 Å². The number of aromatic nitrogens is 1. The molecule has 0 bridgehead atoms. The van der Waals surface area contributed by atoms with Gasteiger partial charge in [0.2, 0.25) is 5.89 Å². The summed E-state index contributed by atoms with van der Waals surface area (Å²) in [6, 6.07) is 22.0. The molecule has 0 aliphatic rings. The lowest BCUT2D eigenvalue weighted by Crippen LogP contribution is -1.96. The van der Waals surface area contributed by atoms with Crippen LogP contribution < -0.4 is 4.74 Å². The molecular weight excluding hydrogens is 382 g/mol. The van der Waals surface area contributed by atoms with Gasteiger partial charge in [-0.2, -0.15) is 0 Å². The highest BCUT2D eigenvalue weighted by atomic mass is 16.5. The van der Waals surface area contributed by atoms with E-state index in [9.17, 15) is 0 Å². The van der Waals surface area contributed by atoms with Crippen LogP contribution in [0.2, 0.25) is 0 Å². The minimum Gasteiger partial charge on any atom is -0.494 e. The summed E-state index contributed by atoms with van der Waals surface area (Å²) in [6.45, 7) is 5.04. The fraction of sp³-hybridized carbons (Fsp3) is 0.250. The van der Waals surface area contributed by atoms with Gasteiger partial charge in [-0.15, -0.1) is 0 Å². The first kappa shape index (κ1) is 20.8. The van der Waals surface area contributed by atoms with E-state index in [-0.39, 0.29) is 0 Å². The number of nitrogens with zero attached hydrogens (tertiary/aromatic N) is 1. The molecule has 0 amide bonds. The van der Waals surface area contributed by atoms with Crippen molar-refractivity contribution in [1.29, 1.82) is 0 Å². The second-order valence-corrected chi connectivity index (χ2v) is 7.75. The molecule has 0 unspecified atom stereocenters. The van der Waals surface area contributed by atoms with Gasteiger partial charge in [-0.05, 0) is 79.6 Å². The van der Waals surface area contributed by atoms with Gasteiger partial charge in [-0.1, -0.05) is 44.1 Å². The Hall–Kier alpha value is -3.51. The summed E-state index contributed by atoms with van der Waals surface area (Å²) in [5.41, 5.74) is 5.72. The maximum absolute atomic E-state index is 5.88. The Morgan fingerprint density at radius 1 is 0.839 bits per heavy atom. The maximum atomic E-state index is 5.88. The lowest BCUT2D eigenvalue weighted by Gasteiger charge is -2.05. The monoisotopic (exact) mass is 409 g/mol. The average Bonchev–Trinajstić information content (AvgIpc) is 3.22. The van der Waals surface area contributed by atoms with Crippen molar-refractivity contribution >= 4 is 11.1 Å². The van der Waals surface area contributed by atoms with E-state index in [1.54, 1.807) is 0 Å². The van der Waals surface area contributed by atoms with Crippen LogP contribution >= 0.6 is 0 Å². The summed E-state index contributed by atoms with van der Waals surface area (Å²) in [5, 5.41) is 0. The number of oxazole rings is 1. The highest BCUT2D eigenvalue weighted by Crippen LogP contribution is 2.25. The fourth-order valence-electron chi connectivity index (χ4n) is 3.35. The van der Waals surface area contributed by atoms with Crippen LogP contribution in [0.1, 0.15) is 49.3 Å². The summed E-state index contributed by atoms with van der Waals surface area (Å²) in [5.74, 6) is 7.96. The first-order chi connectivity index (χ1) is 15.2. The molecule has 156 valence electrons. The van der Waals surface area contributed by atoms with E-state index in [1.165, 1.54) is 24.8 Å². The maximum Gasteiger partial charge on any atom is 0.227 e. The van der Waals surface area contributed by atoms with Crippen molar-refractivity contribution in [3.8, 4) is 29.0 Å². The number of fused-ring (bicyclic) bond motifs is 1. The molecule has 4 rings (SSSR count). The molecule has 4 aromatic rings. The van der Waals surface area contributed by atoms with Crippen molar-refractivity contribution in [3.63, 3.8) is 0 Å².